The van der Waals surface area contributed by atoms with Gasteiger partial charge in [0.2, 0.25) is 0 Å². The normalized spacial score (nSPS) is 26.7. The SMILES string of the molecule is [Br-].c1ccc(C[N+]23CCC(CC2)CC3Cc2cccc3ccccc23)cc1. The maximum Gasteiger partial charge on any atom is 0.105 e. The molecule has 0 radical (unpaired) electrons. The minimum atomic E-state index is 0. The highest BCUT2D eigenvalue weighted by atomic mass is 79.9. The van der Waals surface area contributed by atoms with E-state index in [0.717, 1.165) is 12.0 Å². The molecule has 0 saturated carbocycles. The first-order valence-electron chi connectivity index (χ1n) is 10.2. The Morgan fingerprint density at radius 2 is 1.48 bits per heavy atom. The third-order valence-electron chi connectivity index (χ3n) is 7.02. The smallest absolute Gasteiger partial charge is 0.105 e. The summed E-state index contributed by atoms with van der Waals surface area (Å²) >= 11 is 0. The zero-order valence-electron chi connectivity index (χ0n) is 15.9. The van der Waals surface area contributed by atoms with Crippen LogP contribution in [0.3, 0.4) is 0 Å². The van der Waals surface area contributed by atoms with Crippen LogP contribution >= 0.6 is 0 Å². The minimum Gasteiger partial charge on any atom is -1.00 e. The first kappa shape index (κ1) is 18.7. The summed E-state index contributed by atoms with van der Waals surface area (Å²) in [4.78, 5) is 0. The number of rotatable bonds is 4. The molecular weight excluding hydrogens is 394 g/mol. The van der Waals surface area contributed by atoms with Crippen molar-refractivity contribution < 1.29 is 21.5 Å². The molecule has 1 unspecified atom stereocenters. The van der Waals surface area contributed by atoms with Gasteiger partial charge in [0.15, 0.2) is 0 Å². The number of hydrogen-bond acceptors (Lipinski definition) is 0. The number of piperidine rings is 3. The zero-order chi connectivity index (χ0) is 17.4. The van der Waals surface area contributed by atoms with Gasteiger partial charge in [-0.3, -0.25) is 0 Å². The Morgan fingerprint density at radius 3 is 2.30 bits per heavy atom. The quantitative estimate of drug-likeness (QED) is 0.567. The summed E-state index contributed by atoms with van der Waals surface area (Å²) in [5.74, 6) is 0.964. The van der Waals surface area contributed by atoms with Gasteiger partial charge in [-0.2, -0.15) is 0 Å². The van der Waals surface area contributed by atoms with Crippen molar-refractivity contribution in [3.05, 3.63) is 83.9 Å². The molecule has 1 nitrogen and oxygen atoms in total. The summed E-state index contributed by atoms with van der Waals surface area (Å²) in [7, 11) is 0. The van der Waals surface area contributed by atoms with E-state index in [1.54, 1.807) is 5.56 Å². The lowest BCUT2D eigenvalue weighted by molar-refractivity contribution is -0.978. The first-order chi connectivity index (χ1) is 12.8. The summed E-state index contributed by atoms with van der Waals surface area (Å²) in [5.41, 5.74) is 3.06. The second-order valence-corrected chi connectivity index (χ2v) is 8.48. The maximum atomic E-state index is 2.37. The molecule has 3 aromatic carbocycles. The van der Waals surface area contributed by atoms with E-state index in [4.69, 9.17) is 0 Å². The minimum absolute atomic E-state index is 0. The van der Waals surface area contributed by atoms with Gasteiger partial charge < -0.3 is 21.5 Å². The molecule has 3 saturated heterocycles. The van der Waals surface area contributed by atoms with Crippen LogP contribution in [0.1, 0.15) is 30.4 Å². The third kappa shape index (κ3) is 3.58. The lowest BCUT2D eigenvalue weighted by Crippen LogP contribution is -3.00. The molecule has 0 aromatic heterocycles. The van der Waals surface area contributed by atoms with Crippen LogP contribution in [0.15, 0.2) is 72.8 Å². The molecule has 3 aliphatic heterocycles. The molecule has 3 heterocycles. The highest BCUT2D eigenvalue weighted by Crippen LogP contribution is 2.41. The van der Waals surface area contributed by atoms with Crippen LogP contribution in [0.5, 0.6) is 0 Å². The van der Waals surface area contributed by atoms with Crippen LogP contribution in [0.2, 0.25) is 0 Å². The van der Waals surface area contributed by atoms with Crippen molar-refractivity contribution in [1.82, 2.24) is 0 Å². The Morgan fingerprint density at radius 1 is 0.778 bits per heavy atom. The van der Waals surface area contributed by atoms with Crippen molar-refractivity contribution in [2.24, 2.45) is 5.92 Å². The Hall–Kier alpha value is -1.64. The van der Waals surface area contributed by atoms with E-state index in [1.807, 2.05) is 0 Å². The monoisotopic (exact) mass is 421 g/mol. The van der Waals surface area contributed by atoms with E-state index in [0.29, 0.717) is 0 Å². The lowest BCUT2D eigenvalue weighted by atomic mass is 9.77. The average molecular weight is 422 g/mol. The van der Waals surface area contributed by atoms with Gasteiger partial charge in [-0.25, -0.2) is 0 Å². The van der Waals surface area contributed by atoms with Crippen molar-refractivity contribution in [3.8, 4) is 0 Å². The van der Waals surface area contributed by atoms with Gasteiger partial charge in [-0.1, -0.05) is 72.8 Å². The average Bonchev–Trinajstić information content (AvgIpc) is 2.70. The van der Waals surface area contributed by atoms with E-state index in [9.17, 15) is 0 Å². The molecule has 0 spiro atoms. The molecule has 2 heteroatoms. The van der Waals surface area contributed by atoms with Crippen molar-refractivity contribution in [2.75, 3.05) is 13.1 Å². The van der Waals surface area contributed by atoms with Crippen LogP contribution in [-0.4, -0.2) is 23.6 Å². The Kier molecular flexibility index (Phi) is 5.39. The van der Waals surface area contributed by atoms with Crippen molar-refractivity contribution >= 4 is 10.8 Å². The first-order valence-corrected chi connectivity index (χ1v) is 10.2. The summed E-state index contributed by atoms with van der Waals surface area (Å²) in [6.45, 7) is 3.95. The van der Waals surface area contributed by atoms with E-state index < -0.39 is 0 Å². The Balaban J connectivity index is 0.00000180. The molecule has 3 aliphatic rings. The third-order valence-corrected chi connectivity index (χ3v) is 7.02. The summed E-state index contributed by atoms with van der Waals surface area (Å²) in [5, 5.41) is 2.84. The standard InChI is InChI=1S/C25H28N.BrH/c1-2-7-21(8-3-1)19-26-15-13-20(14-16-26)17-24(26)18-23-11-6-10-22-9-4-5-12-25(22)23;/h1-12,20,24H,13-19H2;1H/q+1;/p-1. The van der Waals surface area contributed by atoms with Crippen LogP contribution in [-0.2, 0) is 13.0 Å². The van der Waals surface area contributed by atoms with Gasteiger partial charge in [-0.05, 0) is 35.1 Å². The van der Waals surface area contributed by atoms with Gasteiger partial charge in [0.05, 0.1) is 19.1 Å². The summed E-state index contributed by atoms with van der Waals surface area (Å²) in [6, 6.07) is 27.7. The van der Waals surface area contributed by atoms with Crippen LogP contribution in [0.25, 0.3) is 10.8 Å². The fraction of sp³-hybridized carbons (Fsp3) is 0.360. The highest BCUT2D eigenvalue weighted by Gasteiger charge is 2.47. The molecule has 2 bridgehead atoms. The molecule has 6 rings (SSSR count). The van der Waals surface area contributed by atoms with E-state index in [2.05, 4.69) is 72.8 Å². The molecule has 1 atom stereocenters. The van der Waals surface area contributed by atoms with Crippen molar-refractivity contribution in [2.45, 2.75) is 38.3 Å². The highest BCUT2D eigenvalue weighted by molar-refractivity contribution is 5.85. The van der Waals surface area contributed by atoms with Gasteiger partial charge in [0.25, 0.3) is 0 Å². The topological polar surface area (TPSA) is 0 Å². The second kappa shape index (κ2) is 7.77. The fourth-order valence-electron chi connectivity index (χ4n) is 5.58. The lowest BCUT2D eigenvalue weighted by Gasteiger charge is -2.55. The molecular formula is C25H28BrN. The van der Waals surface area contributed by atoms with Gasteiger partial charge in [0, 0.05) is 18.4 Å². The van der Waals surface area contributed by atoms with Crippen LogP contribution in [0.4, 0.5) is 0 Å². The van der Waals surface area contributed by atoms with E-state index >= 15 is 0 Å². The molecule has 3 aromatic rings. The summed E-state index contributed by atoms with van der Waals surface area (Å²) < 4.78 is 1.31. The van der Waals surface area contributed by atoms with E-state index in [-0.39, 0.29) is 17.0 Å². The molecule has 0 aliphatic carbocycles. The number of halogens is 1. The number of quaternary nitrogens is 1. The zero-order valence-corrected chi connectivity index (χ0v) is 17.4. The number of nitrogens with zero attached hydrogens (tertiary/aromatic N) is 1. The van der Waals surface area contributed by atoms with Crippen LogP contribution < -0.4 is 17.0 Å². The fourth-order valence-corrected chi connectivity index (χ4v) is 5.58. The molecule has 3 fully saturated rings. The molecule has 27 heavy (non-hydrogen) atoms. The van der Waals surface area contributed by atoms with Gasteiger partial charge in [-0.15, -0.1) is 0 Å². The molecule has 0 amide bonds. The van der Waals surface area contributed by atoms with Gasteiger partial charge in [0.1, 0.15) is 6.54 Å². The van der Waals surface area contributed by atoms with Gasteiger partial charge >= 0.3 is 0 Å². The predicted molar refractivity (Wildman–Crippen MR) is 109 cm³/mol. The Bertz CT molecular complexity index is 891. The summed E-state index contributed by atoms with van der Waals surface area (Å²) in [6.07, 6.45) is 5.50. The number of fused-ring (bicyclic) bond motifs is 4. The van der Waals surface area contributed by atoms with E-state index in [1.165, 1.54) is 66.1 Å². The largest absolute Gasteiger partial charge is 1.00 e. The van der Waals surface area contributed by atoms with Crippen molar-refractivity contribution in [1.29, 1.82) is 0 Å². The maximum absolute atomic E-state index is 2.37. The predicted octanol–water partition coefficient (Wildman–Crippen LogP) is 2.59. The number of benzene rings is 3. The Labute approximate surface area is 173 Å². The second-order valence-electron chi connectivity index (χ2n) is 8.48. The van der Waals surface area contributed by atoms with Crippen molar-refractivity contribution in [3.63, 3.8) is 0 Å². The van der Waals surface area contributed by atoms with Crippen LogP contribution in [0, 0.1) is 5.92 Å². The number of hydrogen-bond donors (Lipinski definition) is 0. The molecule has 140 valence electrons. The molecule has 0 N–H and O–H groups in total.